The Morgan fingerprint density at radius 3 is 2.37 bits per heavy atom. The van der Waals surface area contributed by atoms with E-state index < -0.39 is 10.0 Å². The van der Waals surface area contributed by atoms with Gasteiger partial charge in [-0.3, -0.25) is 4.68 Å². The molecule has 2 aromatic carbocycles. The number of methoxy groups -OCH3 is 1. The first-order valence-corrected chi connectivity index (χ1v) is 10.2. The van der Waals surface area contributed by atoms with Gasteiger partial charge in [-0.05, 0) is 12.0 Å². The molecule has 0 aliphatic rings. The van der Waals surface area contributed by atoms with Gasteiger partial charge in [0.2, 0.25) is 10.0 Å². The molecule has 0 saturated heterocycles. The van der Waals surface area contributed by atoms with Gasteiger partial charge < -0.3 is 4.74 Å². The summed E-state index contributed by atoms with van der Waals surface area (Å²) >= 11 is 0. The minimum absolute atomic E-state index is 0.182. The van der Waals surface area contributed by atoms with E-state index in [-0.39, 0.29) is 4.90 Å². The normalized spacial score (nSPS) is 11.6. The summed E-state index contributed by atoms with van der Waals surface area (Å²) < 4.78 is 35.0. The van der Waals surface area contributed by atoms with Crippen LogP contribution < -0.4 is 4.72 Å². The topological polar surface area (TPSA) is 73.2 Å². The number of hydrogen-bond acceptors (Lipinski definition) is 4. The van der Waals surface area contributed by atoms with Crippen LogP contribution in [0.15, 0.2) is 71.8 Å². The van der Waals surface area contributed by atoms with E-state index in [1.54, 1.807) is 18.0 Å². The number of benzene rings is 2. The molecule has 0 aliphatic heterocycles. The van der Waals surface area contributed by atoms with Crippen molar-refractivity contribution in [1.82, 2.24) is 14.5 Å². The summed E-state index contributed by atoms with van der Waals surface area (Å²) in [7, 11) is -2.09. The zero-order chi connectivity index (χ0) is 19.1. The standard InChI is InChI=1S/C20H23N3O3S/c1-26-14-8-13-21-27(24,25)19-16-23(15-17-9-4-2-5-10-17)22-20(19)18-11-6-3-7-12-18/h2-7,9-12,16,21H,8,13-15H2,1H3. The van der Waals surface area contributed by atoms with Gasteiger partial charge in [-0.1, -0.05) is 60.7 Å². The monoisotopic (exact) mass is 385 g/mol. The summed E-state index contributed by atoms with van der Waals surface area (Å²) in [4.78, 5) is 0.182. The van der Waals surface area contributed by atoms with Gasteiger partial charge in [0.05, 0.1) is 6.54 Å². The van der Waals surface area contributed by atoms with Crippen molar-refractivity contribution in [3.63, 3.8) is 0 Å². The van der Waals surface area contributed by atoms with Gasteiger partial charge in [0.1, 0.15) is 10.6 Å². The molecular weight excluding hydrogens is 362 g/mol. The molecule has 0 bridgehead atoms. The maximum Gasteiger partial charge on any atom is 0.244 e. The van der Waals surface area contributed by atoms with Crippen molar-refractivity contribution in [3.8, 4) is 11.3 Å². The van der Waals surface area contributed by atoms with Crippen LogP contribution >= 0.6 is 0 Å². The van der Waals surface area contributed by atoms with Crippen molar-refractivity contribution < 1.29 is 13.2 Å². The van der Waals surface area contributed by atoms with Gasteiger partial charge in [0.25, 0.3) is 0 Å². The van der Waals surface area contributed by atoms with E-state index in [0.717, 1.165) is 11.1 Å². The van der Waals surface area contributed by atoms with Gasteiger partial charge in [-0.25, -0.2) is 13.1 Å². The Kier molecular flexibility index (Phi) is 6.39. The lowest BCUT2D eigenvalue weighted by molar-refractivity contribution is 0.196. The highest BCUT2D eigenvalue weighted by molar-refractivity contribution is 7.89. The highest BCUT2D eigenvalue weighted by Gasteiger charge is 2.23. The third-order valence-electron chi connectivity index (χ3n) is 4.07. The minimum atomic E-state index is -3.68. The average Bonchev–Trinajstić information content (AvgIpc) is 3.12. The van der Waals surface area contributed by atoms with Crippen LogP contribution in [0.4, 0.5) is 0 Å². The third-order valence-corrected chi connectivity index (χ3v) is 5.53. The number of aromatic nitrogens is 2. The van der Waals surface area contributed by atoms with Crippen molar-refractivity contribution in [1.29, 1.82) is 0 Å². The van der Waals surface area contributed by atoms with Crippen LogP contribution in [0.1, 0.15) is 12.0 Å². The summed E-state index contributed by atoms with van der Waals surface area (Å²) in [5.74, 6) is 0. The Balaban J connectivity index is 1.93. The summed E-state index contributed by atoms with van der Waals surface area (Å²) in [6, 6.07) is 19.2. The molecule has 7 heteroatoms. The molecule has 1 heterocycles. The van der Waals surface area contributed by atoms with Gasteiger partial charge in [0, 0.05) is 32.0 Å². The lowest BCUT2D eigenvalue weighted by Crippen LogP contribution is -2.25. The predicted octanol–water partition coefficient (Wildman–Crippen LogP) is 2.91. The van der Waals surface area contributed by atoms with Crippen LogP contribution in [0.2, 0.25) is 0 Å². The van der Waals surface area contributed by atoms with Crippen molar-refractivity contribution >= 4 is 10.0 Å². The van der Waals surface area contributed by atoms with Crippen LogP contribution in [0.25, 0.3) is 11.3 Å². The Hall–Kier alpha value is -2.48. The SMILES string of the molecule is COCCCNS(=O)(=O)c1cn(Cc2ccccc2)nc1-c1ccccc1. The molecule has 3 rings (SSSR count). The molecule has 0 unspecified atom stereocenters. The van der Waals surface area contributed by atoms with Gasteiger partial charge in [-0.2, -0.15) is 5.10 Å². The molecule has 1 N–H and O–H groups in total. The second-order valence-electron chi connectivity index (χ2n) is 6.14. The van der Waals surface area contributed by atoms with Crippen LogP contribution in [0.3, 0.4) is 0 Å². The Bertz CT molecular complexity index is 955. The number of ether oxygens (including phenoxy) is 1. The molecule has 0 aliphatic carbocycles. The fourth-order valence-corrected chi connectivity index (χ4v) is 3.99. The number of rotatable bonds is 9. The van der Waals surface area contributed by atoms with Gasteiger partial charge >= 0.3 is 0 Å². The van der Waals surface area contributed by atoms with Crippen LogP contribution in [0, 0.1) is 0 Å². The quantitative estimate of drug-likeness (QED) is 0.575. The van der Waals surface area contributed by atoms with E-state index in [1.165, 1.54) is 0 Å². The smallest absolute Gasteiger partial charge is 0.244 e. The molecule has 0 atom stereocenters. The van der Waals surface area contributed by atoms with E-state index in [9.17, 15) is 8.42 Å². The molecule has 0 amide bonds. The molecule has 6 nitrogen and oxygen atoms in total. The number of sulfonamides is 1. The van der Waals surface area contributed by atoms with Gasteiger partial charge in [-0.15, -0.1) is 0 Å². The highest BCUT2D eigenvalue weighted by atomic mass is 32.2. The second-order valence-corrected chi connectivity index (χ2v) is 7.87. The lowest BCUT2D eigenvalue weighted by Gasteiger charge is -2.06. The summed E-state index contributed by atoms with van der Waals surface area (Å²) in [5, 5.41) is 4.56. The largest absolute Gasteiger partial charge is 0.385 e. The molecule has 1 aromatic heterocycles. The Morgan fingerprint density at radius 1 is 1.04 bits per heavy atom. The third kappa shape index (κ3) is 5.03. The lowest BCUT2D eigenvalue weighted by atomic mass is 10.2. The van der Waals surface area contributed by atoms with E-state index in [4.69, 9.17) is 4.74 Å². The first-order valence-electron chi connectivity index (χ1n) is 8.75. The minimum Gasteiger partial charge on any atom is -0.385 e. The number of nitrogens with one attached hydrogen (secondary N) is 1. The molecule has 3 aromatic rings. The first kappa shape index (κ1) is 19.3. The summed E-state index contributed by atoms with van der Waals surface area (Å²) in [5.41, 5.74) is 2.27. The zero-order valence-corrected chi connectivity index (χ0v) is 16.0. The predicted molar refractivity (Wildman–Crippen MR) is 105 cm³/mol. The fourth-order valence-electron chi connectivity index (χ4n) is 2.75. The van der Waals surface area contributed by atoms with Crippen molar-refractivity contribution in [2.75, 3.05) is 20.3 Å². The molecule has 27 heavy (non-hydrogen) atoms. The molecule has 0 spiro atoms. The van der Waals surface area contributed by atoms with Crippen molar-refractivity contribution in [2.45, 2.75) is 17.9 Å². The summed E-state index contributed by atoms with van der Waals surface area (Å²) in [6.07, 6.45) is 2.20. The zero-order valence-electron chi connectivity index (χ0n) is 15.2. The maximum absolute atomic E-state index is 12.8. The number of hydrogen-bond donors (Lipinski definition) is 1. The Labute approximate surface area is 159 Å². The fraction of sp³-hybridized carbons (Fsp3) is 0.250. The summed E-state index contributed by atoms with van der Waals surface area (Å²) in [6.45, 7) is 1.31. The Morgan fingerprint density at radius 2 is 1.70 bits per heavy atom. The first-order chi connectivity index (χ1) is 13.1. The van der Waals surface area contributed by atoms with E-state index in [2.05, 4.69) is 9.82 Å². The van der Waals surface area contributed by atoms with E-state index in [0.29, 0.717) is 31.8 Å². The molecule has 0 fully saturated rings. The van der Waals surface area contributed by atoms with Crippen LogP contribution in [-0.2, 0) is 21.3 Å². The number of nitrogens with zero attached hydrogens (tertiary/aromatic N) is 2. The average molecular weight is 385 g/mol. The van der Waals surface area contributed by atoms with Crippen molar-refractivity contribution in [3.05, 3.63) is 72.4 Å². The maximum atomic E-state index is 12.8. The van der Waals surface area contributed by atoms with Crippen LogP contribution in [0.5, 0.6) is 0 Å². The van der Waals surface area contributed by atoms with Gasteiger partial charge in [0.15, 0.2) is 0 Å². The molecular formula is C20H23N3O3S. The second kappa shape index (κ2) is 8.94. The molecule has 0 radical (unpaired) electrons. The van der Waals surface area contributed by atoms with Crippen molar-refractivity contribution in [2.24, 2.45) is 0 Å². The molecule has 0 saturated carbocycles. The highest BCUT2D eigenvalue weighted by Crippen LogP contribution is 2.26. The van der Waals surface area contributed by atoms with E-state index in [1.807, 2.05) is 60.7 Å². The van der Waals surface area contributed by atoms with E-state index >= 15 is 0 Å². The molecule has 142 valence electrons. The van der Waals surface area contributed by atoms with Crippen LogP contribution in [-0.4, -0.2) is 38.5 Å².